The molecule has 2 atom stereocenters. The van der Waals surface area contributed by atoms with Crippen LogP contribution in [0.2, 0.25) is 0 Å². The number of carbonyl (C=O) groups is 1. The van der Waals surface area contributed by atoms with Crippen molar-refractivity contribution in [3.63, 3.8) is 0 Å². The number of hydrogen-bond acceptors (Lipinski definition) is 5. The second-order valence-electron chi connectivity index (χ2n) is 4.51. The minimum absolute atomic E-state index is 0.00512. The third-order valence-corrected chi connectivity index (χ3v) is 4.13. The highest BCUT2D eigenvalue weighted by molar-refractivity contribution is 8.00. The van der Waals surface area contributed by atoms with E-state index in [1.807, 2.05) is 25.1 Å². The topological polar surface area (TPSA) is 64.2 Å². The number of rotatable bonds is 3. The van der Waals surface area contributed by atoms with Gasteiger partial charge in [0.15, 0.2) is 5.16 Å². The molecule has 1 aliphatic heterocycles. The van der Waals surface area contributed by atoms with Gasteiger partial charge < -0.3 is 14.5 Å². The van der Waals surface area contributed by atoms with E-state index in [1.54, 1.807) is 7.11 Å². The van der Waals surface area contributed by atoms with Crippen molar-refractivity contribution in [3.05, 3.63) is 18.2 Å². The van der Waals surface area contributed by atoms with E-state index in [9.17, 15) is 4.79 Å². The van der Waals surface area contributed by atoms with E-state index in [1.165, 1.54) is 11.8 Å². The minimum Gasteiger partial charge on any atom is -0.497 e. The van der Waals surface area contributed by atoms with Gasteiger partial charge in [-0.15, -0.1) is 0 Å². The number of methoxy groups -OCH3 is 1. The van der Waals surface area contributed by atoms with Crippen molar-refractivity contribution < 1.29 is 14.3 Å². The van der Waals surface area contributed by atoms with E-state index >= 15 is 0 Å². The Balaban J connectivity index is 1.83. The fourth-order valence-electron chi connectivity index (χ4n) is 2.10. The maximum Gasteiger partial charge on any atom is 0.319 e. The lowest BCUT2D eigenvalue weighted by Gasteiger charge is -2.00. The zero-order chi connectivity index (χ0) is 13.4. The Hall–Kier alpha value is -1.69. The zero-order valence-electron chi connectivity index (χ0n) is 10.7. The van der Waals surface area contributed by atoms with Crippen molar-refractivity contribution in [2.75, 3.05) is 7.11 Å². The number of cyclic esters (lactones) is 1. The van der Waals surface area contributed by atoms with E-state index < -0.39 is 0 Å². The number of benzene rings is 1. The first-order valence-corrected chi connectivity index (χ1v) is 6.94. The van der Waals surface area contributed by atoms with Crippen LogP contribution in [0.4, 0.5) is 0 Å². The number of nitrogens with zero attached hydrogens (tertiary/aromatic N) is 1. The molecule has 0 bridgehead atoms. The molecular formula is C13H14N2O3S. The molecule has 5 nitrogen and oxygen atoms in total. The van der Waals surface area contributed by atoms with Crippen LogP contribution in [0.1, 0.15) is 13.3 Å². The van der Waals surface area contributed by atoms with Crippen LogP contribution in [-0.2, 0) is 9.53 Å². The molecule has 2 aromatic rings. The fourth-order valence-corrected chi connectivity index (χ4v) is 3.21. The molecule has 0 spiro atoms. The van der Waals surface area contributed by atoms with Gasteiger partial charge in [-0.3, -0.25) is 4.79 Å². The number of esters is 1. The Labute approximate surface area is 114 Å². The number of ether oxygens (including phenoxy) is 2. The Kier molecular flexibility index (Phi) is 3.10. The molecule has 0 radical (unpaired) electrons. The summed E-state index contributed by atoms with van der Waals surface area (Å²) < 4.78 is 10.3. The van der Waals surface area contributed by atoms with Gasteiger partial charge in [0.2, 0.25) is 0 Å². The minimum atomic E-state index is -0.169. The predicted molar refractivity (Wildman–Crippen MR) is 72.5 cm³/mol. The number of thioether (sulfide) groups is 1. The van der Waals surface area contributed by atoms with Gasteiger partial charge in [0, 0.05) is 12.5 Å². The molecular weight excluding hydrogens is 264 g/mol. The van der Waals surface area contributed by atoms with Crippen LogP contribution in [0, 0.1) is 0 Å². The predicted octanol–water partition coefficient (Wildman–Crippen LogP) is 2.37. The molecule has 19 heavy (non-hydrogen) atoms. The van der Waals surface area contributed by atoms with Crippen LogP contribution >= 0.6 is 11.8 Å². The Bertz CT molecular complexity index is 625. The molecule has 0 saturated carbocycles. The van der Waals surface area contributed by atoms with Crippen molar-refractivity contribution in [3.8, 4) is 5.75 Å². The normalized spacial score (nSPS) is 22.7. The summed E-state index contributed by atoms with van der Waals surface area (Å²) in [6.07, 6.45) is 0.721. The van der Waals surface area contributed by atoms with Crippen molar-refractivity contribution >= 4 is 28.8 Å². The molecule has 1 N–H and O–H groups in total. The van der Waals surface area contributed by atoms with Crippen LogP contribution in [0.3, 0.4) is 0 Å². The van der Waals surface area contributed by atoms with Crippen LogP contribution < -0.4 is 4.74 Å². The fraction of sp³-hybridized carbons (Fsp3) is 0.385. The molecule has 0 aliphatic carbocycles. The van der Waals surface area contributed by atoms with E-state index in [-0.39, 0.29) is 17.3 Å². The van der Waals surface area contributed by atoms with Crippen molar-refractivity contribution in [1.82, 2.24) is 9.97 Å². The third kappa shape index (κ3) is 2.40. The lowest BCUT2D eigenvalue weighted by Crippen LogP contribution is -2.09. The highest BCUT2D eigenvalue weighted by Gasteiger charge is 2.33. The standard InChI is InChI=1S/C13H14N2O3S/c1-7-5-11(12(16)18-7)19-13-14-9-4-3-8(17-2)6-10(9)15-13/h3-4,6-7,11H,5H2,1-2H3,(H,14,15)/t7-,11-/m0/s1. The number of carbonyl (C=O) groups excluding carboxylic acids is 1. The number of fused-ring (bicyclic) bond motifs is 1. The first-order chi connectivity index (χ1) is 9.15. The largest absolute Gasteiger partial charge is 0.497 e. The second kappa shape index (κ2) is 4.77. The van der Waals surface area contributed by atoms with Crippen molar-refractivity contribution in [2.45, 2.75) is 29.9 Å². The molecule has 1 aromatic heterocycles. The lowest BCUT2D eigenvalue weighted by molar-refractivity contribution is -0.140. The van der Waals surface area contributed by atoms with Gasteiger partial charge in [-0.1, -0.05) is 11.8 Å². The molecule has 1 aliphatic rings. The monoisotopic (exact) mass is 278 g/mol. The Morgan fingerprint density at radius 2 is 2.37 bits per heavy atom. The van der Waals surface area contributed by atoms with Crippen LogP contribution in [-0.4, -0.2) is 34.4 Å². The molecule has 1 fully saturated rings. The van der Waals surface area contributed by atoms with E-state index in [0.717, 1.165) is 28.4 Å². The Morgan fingerprint density at radius 3 is 3.05 bits per heavy atom. The average Bonchev–Trinajstić information content (AvgIpc) is 2.91. The third-order valence-electron chi connectivity index (χ3n) is 3.05. The number of aromatic nitrogens is 2. The van der Waals surface area contributed by atoms with E-state index in [2.05, 4.69) is 9.97 Å². The summed E-state index contributed by atoms with van der Waals surface area (Å²) in [7, 11) is 1.63. The Morgan fingerprint density at radius 1 is 1.53 bits per heavy atom. The van der Waals surface area contributed by atoms with Crippen LogP contribution in [0.15, 0.2) is 23.4 Å². The highest BCUT2D eigenvalue weighted by Crippen LogP contribution is 2.32. The summed E-state index contributed by atoms with van der Waals surface area (Å²) in [5.74, 6) is 0.622. The quantitative estimate of drug-likeness (QED) is 0.873. The summed E-state index contributed by atoms with van der Waals surface area (Å²) in [6.45, 7) is 1.90. The summed E-state index contributed by atoms with van der Waals surface area (Å²) in [6, 6.07) is 5.65. The summed E-state index contributed by atoms with van der Waals surface area (Å²) in [5, 5.41) is 0.566. The van der Waals surface area contributed by atoms with E-state index in [4.69, 9.17) is 9.47 Å². The summed E-state index contributed by atoms with van der Waals surface area (Å²) >= 11 is 1.42. The number of aromatic amines is 1. The lowest BCUT2D eigenvalue weighted by atomic mass is 10.3. The van der Waals surface area contributed by atoms with Crippen LogP contribution in [0.5, 0.6) is 5.75 Å². The van der Waals surface area contributed by atoms with Gasteiger partial charge in [0.05, 0.1) is 18.1 Å². The van der Waals surface area contributed by atoms with Crippen molar-refractivity contribution in [1.29, 1.82) is 0 Å². The first kappa shape index (κ1) is 12.3. The number of nitrogens with one attached hydrogen (secondary N) is 1. The summed E-state index contributed by atoms with van der Waals surface area (Å²) in [5.41, 5.74) is 1.77. The molecule has 1 saturated heterocycles. The molecule has 3 rings (SSSR count). The maximum atomic E-state index is 11.6. The zero-order valence-corrected chi connectivity index (χ0v) is 11.5. The molecule has 6 heteroatoms. The smallest absolute Gasteiger partial charge is 0.319 e. The molecule has 100 valence electrons. The number of H-pyrrole nitrogens is 1. The first-order valence-electron chi connectivity index (χ1n) is 6.06. The van der Waals surface area contributed by atoms with Crippen LogP contribution in [0.25, 0.3) is 11.0 Å². The van der Waals surface area contributed by atoms with Gasteiger partial charge in [-0.05, 0) is 19.1 Å². The summed E-state index contributed by atoms with van der Waals surface area (Å²) in [4.78, 5) is 19.3. The average molecular weight is 278 g/mol. The highest BCUT2D eigenvalue weighted by atomic mass is 32.2. The van der Waals surface area contributed by atoms with Crippen molar-refractivity contribution in [2.24, 2.45) is 0 Å². The number of hydrogen-bond donors (Lipinski definition) is 1. The van der Waals surface area contributed by atoms with Gasteiger partial charge in [-0.2, -0.15) is 0 Å². The molecule has 0 amide bonds. The van der Waals surface area contributed by atoms with Gasteiger partial charge in [0.25, 0.3) is 0 Å². The van der Waals surface area contributed by atoms with Gasteiger partial charge in [-0.25, -0.2) is 4.98 Å². The van der Waals surface area contributed by atoms with E-state index in [0.29, 0.717) is 0 Å². The number of imidazole rings is 1. The second-order valence-corrected chi connectivity index (χ2v) is 5.71. The molecule has 0 unspecified atom stereocenters. The van der Waals surface area contributed by atoms with Gasteiger partial charge >= 0.3 is 5.97 Å². The molecule has 2 heterocycles. The maximum absolute atomic E-state index is 11.6. The molecule has 1 aromatic carbocycles. The SMILES string of the molecule is COc1ccc2nc(S[C@H]3C[C@H](C)OC3=O)[nH]c2c1. The van der Waals surface area contributed by atoms with Gasteiger partial charge in [0.1, 0.15) is 17.1 Å².